The van der Waals surface area contributed by atoms with Crippen LogP contribution in [0.3, 0.4) is 0 Å². The number of esters is 2. The van der Waals surface area contributed by atoms with E-state index in [0.717, 1.165) is 8.87 Å². The minimum atomic E-state index is -3.18. The summed E-state index contributed by atoms with van der Waals surface area (Å²) in [5.41, 5.74) is 0. The van der Waals surface area contributed by atoms with Crippen molar-refractivity contribution in [2.45, 2.75) is 22.7 Å². The molecule has 0 atom stereocenters. The summed E-state index contributed by atoms with van der Waals surface area (Å²) < 4.78 is 14.8. The monoisotopic (exact) mass is 448 g/mol. The molecule has 0 unspecified atom stereocenters. The molecule has 0 saturated carbocycles. The standard InChI is InChI=1S/2C6H5.2C4H7O2.Sn/c2*1-2-4-6-5-3-1;2*1-3-6-4(2)5;/h2*1-5H;2*1,3H2,2H3;. The van der Waals surface area contributed by atoms with Crippen LogP contribution >= 0.6 is 0 Å². The van der Waals surface area contributed by atoms with Crippen LogP contribution in [0.15, 0.2) is 60.7 Å². The maximum atomic E-state index is 11.2. The summed E-state index contributed by atoms with van der Waals surface area (Å²) in [6.07, 6.45) is 0. The molecule has 0 aromatic heterocycles. The Kier molecular flexibility index (Phi) is 7.49. The zero-order valence-corrected chi connectivity index (χ0v) is 17.6. The summed E-state index contributed by atoms with van der Waals surface area (Å²) >= 11 is -3.18. The van der Waals surface area contributed by atoms with E-state index in [-0.39, 0.29) is 11.9 Å². The van der Waals surface area contributed by atoms with Crippen LogP contribution in [0.25, 0.3) is 0 Å². The summed E-state index contributed by atoms with van der Waals surface area (Å²) in [6, 6.07) is 20.8. The second-order valence-electron chi connectivity index (χ2n) is 5.99. The number of rotatable bonds is 8. The first-order valence-corrected chi connectivity index (χ1v) is 15.3. The van der Waals surface area contributed by atoms with Crippen LogP contribution in [-0.2, 0) is 19.1 Å². The summed E-state index contributed by atoms with van der Waals surface area (Å²) in [7, 11) is 0. The van der Waals surface area contributed by atoms with Gasteiger partial charge in [0.2, 0.25) is 0 Å². The second kappa shape index (κ2) is 9.61. The fourth-order valence-electron chi connectivity index (χ4n) is 3.12. The fraction of sp³-hybridized carbons (Fsp3) is 0.300. The maximum absolute atomic E-state index is 11.2. The van der Waals surface area contributed by atoms with Gasteiger partial charge in [-0.15, -0.1) is 0 Å². The van der Waals surface area contributed by atoms with E-state index in [2.05, 4.69) is 24.3 Å². The van der Waals surface area contributed by atoms with Crippen molar-refractivity contribution >= 4 is 37.5 Å². The normalized spacial score (nSPS) is 11.0. The molecule has 132 valence electrons. The number of carbonyl (C=O) groups excluding carboxylic acids is 2. The third-order valence-corrected chi connectivity index (χ3v) is 18.6. The van der Waals surface area contributed by atoms with Crippen molar-refractivity contribution < 1.29 is 19.1 Å². The van der Waals surface area contributed by atoms with Crippen molar-refractivity contribution in [1.29, 1.82) is 0 Å². The molecule has 0 saturated heterocycles. The summed E-state index contributed by atoms with van der Waals surface area (Å²) in [5.74, 6) is -0.525. The Labute approximate surface area is 153 Å². The van der Waals surface area contributed by atoms with Crippen LogP contribution in [0.1, 0.15) is 13.8 Å². The zero-order valence-electron chi connectivity index (χ0n) is 14.7. The van der Waals surface area contributed by atoms with Crippen LogP contribution in [0.5, 0.6) is 0 Å². The molecule has 4 nitrogen and oxygen atoms in total. The van der Waals surface area contributed by atoms with Crippen LogP contribution < -0.4 is 7.16 Å². The predicted molar refractivity (Wildman–Crippen MR) is 101 cm³/mol. The van der Waals surface area contributed by atoms with Crippen molar-refractivity contribution in [3.8, 4) is 0 Å². The number of hydrogen-bond donors (Lipinski definition) is 0. The molecule has 0 fully saturated rings. The van der Waals surface area contributed by atoms with E-state index in [1.54, 1.807) is 0 Å². The van der Waals surface area contributed by atoms with E-state index in [0.29, 0.717) is 13.2 Å². The topological polar surface area (TPSA) is 52.6 Å². The van der Waals surface area contributed by atoms with Crippen LogP contribution in [0, 0.1) is 0 Å². The Balaban J connectivity index is 2.40. The Bertz CT molecular complexity index is 624. The van der Waals surface area contributed by atoms with Gasteiger partial charge in [0, 0.05) is 0 Å². The zero-order chi connectivity index (χ0) is 18.1. The molecule has 0 radical (unpaired) electrons. The second-order valence-corrected chi connectivity index (χ2v) is 18.3. The van der Waals surface area contributed by atoms with Crippen molar-refractivity contribution in [2.75, 3.05) is 13.2 Å². The van der Waals surface area contributed by atoms with E-state index < -0.39 is 18.4 Å². The molecule has 0 bridgehead atoms. The van der Waals surface area contributed by atoms with Crippen molar-refractivity contribution in [3.63, 3.8) is 0 Å². The summed E-state index contributed by atoms with van der Waals surface area (Å²) in [6.45, 7) is 3.66. The molecule has 2 rings (SSSR count). The summed E-state index contributed by atoms with van der Waals surface area (Å²) in [5, 5.41) is 0. The molecule has 0 heterocycles. The molecule has 0 aliphatic carbocycles. The predicted octanol–water partition coefficient (Wildman–Crippen LogP) is 2.38. The van der Waals surface area contributed by atoms with Gasteiger partial charge in [0.25, 0.3) is 0 Å². The molecule has 0 aliphatic heterocycles. The molecule has 25 heavy (non-hydrogen) atoms. The van der Waals surface area contributed by atoms with Gasteiger partial charge in [0.15, 0.2) is 0 Å². The third-order valence-electron chi connectivity index (χ3n) is 4.32. The molecular formula is C20H24O4Sn. The molecule has 0 spiro atoms. The molecule has 0 aliphatic rings. The molecule has 2 aromatic rings. The van der Waals surface area contributed by atoms with E-state index in [4.69, 9.17) is 9.47 Å². The summed E-state index contributed by atoms with van der Waals surface area (Å²) in [4.78, 5) is 22.5. The van der Waals surface area contributed by atoms with Gasteiger partial charge in [-0.05, 0) is 0 Å². The average Bonchev–Trinajstić information content (AvgIpc) is 2.61. The van der Waals surface area contributed by atoms with Gasteiger partial charge < -0.3 is 0 Å². The van der Waals surface area contributed by atoms with E-state index in [1.807, 2.05) is 36.4 Å². The van der Waals surface area contributed by atoms with Gasteiger partial charge in [-0.2, -0.15) is 0 Å². The van der Waals surface area contributed by atoms with Crippen LogP contribution in [0.4, 0.5) is 0 Å². The van der Waals surface area contributed by atoms with Gasteiger partial charge in [-0.3, -0.25) is 0 Å². The van der Waals surface area contributed by atoms with E-state index in [1.165, 1.54) is 21.0 Å². The average molecular weight is 447 g/mol. The van der Waals surface area contributed by atoms with Gasteiger partial charge >= 0.3 is 153 Å². The van der Waals surface area contributed by atoms with Crippen LogP contribution in [-0.4, -0.2) is 43.5 Å². The van der Waals surface area contributed by atoms with Gasteiger partial charge in [0.05, 0.1) is 0 Å². The number of ether oxygens (including phenoxy) is 2. The van der Waals surface area contributed by atoms with Crippen LogP contribution in [0.2, 0.25) is 8.87 Å². The van der Waals surface area contributed by atoms with E-state index >= 15 is 0 Å². The first-order valence-electron chi connectivity index (χ1n) is 8.42. The Morgan fingerprint density at radius 3 is 1.40 bits per heavy atom. The van der Waals surface area contributed by atoms with Crippen molar-refractivity contribution in [2.24, 2.45) is 0 Å². The number of hydrogen-bond acceptors (Lipinski definition) is 4. The first-order chi connectivity index (χ1) is 12.0. The molecule has 0 amide bonds. The van der Waals surface area contributed by atoms with Gasteiger partial charge in [-0.1, -0.05) is 0 Å². The number of benzene rings is 2. The fourth-order valence-corrected chi connectivity index (χ4v) is 15.4. The van der Waals surface area contributed by atoms with Crippen molar-refractivity contribution in [1.82, 2.24) is 0 Å². The molecular weight excluding hydrogens is 423 g/mol. The van der Waals surface area contributed by atoms with Gasteiger partial charge in [-0.25, -0.2) is 0 Å². The SMILES string of the molecule is CC(=O)OC[CH2][Sn]([CH2]COC(C)=O)([c]1ccccc1)[c]1ccccc1. The molecule has 2 aromatic carbocycles. The Morgan fingerprint density at radius 2 is 1.08 bits per heavy atom. The van der Waals surface area contributed by atoms with Gasteiger partial charge in [0.1, 0.15) is 0 Å². The minimum absolute atomic E-state index is 0.263. The molecule has 0 N–H and O–H groups in total. The third kappa shape index (κ3) is 5.59. The quantitative estimate of drug-likeness (QED) is 0.461. The number of carbonyl (C=O) groups is 2. The van der Waals surface area contributed by atoms with Crippen molar-refractivity contribution in [3.05, 3.63) is 60.7 Å². The molecule has 5 heteroatoms. The van der Waals surface area contributed by atoms with E-state index in [9.17, 15) is 9.59 Å². The Morgan fingerprint density at radius 1 is 0.720 bits per heavy atom. The first kappa shape index (κ1) is 19.5. The Hall–Kier alpha value is -1.82.